The molecule has 19 heavy (non-hydrogen) atoms. The van der Waals surface area contributed by atoms with Gasteiger partial charge >= 0.3 is 0 Å². The van der Waals surface area contributed by atoms with Crippen molar-refractivity contribution in [1.82, 2.24) is 0 Å². The molecule has 0 spiro atoms. The molecule has 0 radical (unpaired) electrons. The van der Waals surface area contributed by atoms with E-state index in [2.05, 4.69) is 16.4 Å². The quantitative estimate of drug-likeness (QED) is 0.756. The van der Waals surface area contributed by atoms with E-state index in [0.717, 1.165) is 24.5 Å². The number of benzene rings is 1. The first kappa shape index (κ1) is 13.6. The summed E-state index contributed by atoms with van der Waals surface area (Å²) in [7, 11) is 3.29. The van der Waals surface area contributed by atoms with Gasteiger partial charge in [0.2, 0.25) is 0 Å². The van der Waals surface area contributed by atoms with E-state index in [-0.39, 0.29) is 0 Å². The first-order valence-electron chi connectivity index (χ1n) is 6.07. The lowest BCUT2D eigenvalue weighted by molar-refractivity contribution is 0.354. The molecule has 0 unspecified atom stereocenters. The van der Waals surface area contributed by atoms with Crippen LogP contribution in [0.5, 0.6) is 11.5 Å². The number of aliphatic imine (C=N–C) groups is 1. The molecule has 0 fully saturated rings. The minimum absolute atomic E-state index is 0.758. The van der Waals surface area contributed by atoms with E-state index in [1.165, 1.54) is 10.4 Å². The van der Waals surface area contributed by atoms with Crippen LogP contribution in [0, 0.1) is 0 Å². The molecule has 0 aliphatic carbocycles. The lowest BCUT2D eigenvalue weighted by Gasteiger charge is -2.08. The van der Waals surface area contributed by atoms with Crippen LogP contribution in [0.2, 0.25) is 0 Å². The smallest absolute Gasteiger partial charge is 0.160 e. The molecule has 0 saturated carbocycles. The molecule has 0 aliphatic heterocycles. The summed E-state index contributed by atoms with van der Waals surface area (Å²) in [4.78, 5) is 5.61. The van der Waals surface area contributed by atoms with Crippen LogP contribution < -0.4 is 9.47 Å². The molecule has 100 valence electrons. The molecule has 0 amide bonds. The van der Waals surface area contributed by atoms with Crippen molar-refractivity contribution in [3.05, 3.63) is 46.2 Å². The SMILES string of the molecule is COc1ccc(CCN=Cc2cccs2)cc1OC. The minimum Gasteiger partial charge on any atom is -0.493 e. The summed E-state index contributed by atoms with van der Waals surface area (Å²) >= 11 is 1.69. The van der Waals surface area contributed by atoms with E-state index < -0.39 is 0 Å². The first-order valence-corrected chi connectivity index (χ1v) is 6.95. The lowest BCUT2D eigenvalue weighted by atomic mass is 10.1. The zero-order chi connectivity index (χ0) is 13.5. The molecule has 0 saturated heterocycles. The van der Waals surface area contributed by atoms with E-state index >= 15 is 0 Å². The van der Waals surface area contributed by atoms with Crippen LogP contribution in [-0.4, -0.2) is 27.0 Å². The second-order valence-corrected chi connectivity index (χ2v) is 4.97. The van der Waals surface area contributed by atoms with Gasteiger partial charge in [0.05, 0.1) is 14.2 Å². The molecular weight excluding hydrogens is 258 g/mol. The van der Waals surface area contributed by atoms with Crippen molar-refractivity contribution in [2.24, 2.45) is 4.99 Å². The highest BCUT2D eigenvalue weighted by molar-refractivity contribution is 7.11. The van der Waals surface area contributed by atoms with E-state index in [1.54, 1.807) is 25.6 Å². The monoisotopic (exact) mass is 275 g/mol. The summed E-state index contributed by atoms with van der Waals surface area (Å²) in [6.07, 6.45) is 2.81. The van der Waals surface area contributed by atoms with Gasteiger partial charge in [-0.15, -0.1) is 11.3 Å². The van der Waals surface area contributed by atoms with Gasteiger partial charge in [-0.2, -0.15) is 0 Å². The molecule has 4 heteroatoms. The van der Waals surface area contributed by atoms with E-state index in [1.807, 2.05) is 30.5 Å². The predicted molar refractivity (Wildman–Crippen MR) is 80.0 cm³/mol. The Labute approximate surface area is 117 Å². The van der Waals surface area contributed by atoms with Crippen LogP contribution in [0.1, 0.15) is 10.4 Å². The van der Waals surface area contributed by atoms with Crippen LogP contribution in [0.3, 0.4) is 0 Å². The van der Waals surface area contributed by atoms with Crippen molar-refractivity contribution < 1.29 is 9.47 Å². The van der Waals surface area contributed by atoms with Gasteiger partial charge in [-0.3, -0.25) is 4.99 Å². The normalized spacial score (nSPS) is 10.8. The molecule has 0 N–H and O–H groups in total. The minimum atomic E-state index is 0.758. The van der Waals surface area contributed by atoms with Gasteiger partial charge in [-0.25, -0.2) is 0 Å². The van der Waals surface area contributed by atoms with Crippen LogP contribution in [0.25, 0.3) is 0 Å². The van der Waals surface area contributed by atoms with Gasteiger partial charge in [0.1, 0.15) is 0 Å². The van der Waals surface area contributed by atoms with Gasteiger partial charge in [-0.05, 0) is 35.6 Å². The lowest BCUT2D eigenvalue weighted by Crippen LogP contribution is -1.94. The number of ether oxygens (including phenoxy) is 2. The maximum Gasteiger partial charge on any atom is 0.160 e. The Kier molecular flexibility index (Phi) is 4.98. The van der Waals surface area contributed by atoms with Crippen LogP contribution in [0.4, 0.5) is 0 Å². The average molecular weight is 275 g/mol. The van der Waals surface area contributed by atoms with E-state index in [4.69, 9.17) is 9.47 Å². The Hall–Kier alpha value is -1.81. The maximum absolute atomic E-state index is 5.28. The highest BCUT2D eigenvalue weighted by Crippen LogP contribution is 2.27. The number of nitrogens with zero attached hydrogens (tertiary/aromatic N) is 1. The second kappa shape index (κ2) is 6.95. The number of thiophene rings is 1. The van der Waals surface area contributed by atoms with Crippen molar-refractivity contribution in [1.29, 1.82) is 0 Å². The average Bonchev–Trinajstić information content (AvgIpc) is 2.96. The molecule has 0 aliphatic rings. The van der Waals surface area contributed by atoms with Crippen molar-refractivity contribution in [2.75, 3.05) is 20.8 Å². The molecule has 0 atom stereocenters. The number of rotatable bonds is 6. The summed E-state index contributed by atoms with van der Waals surface area (Å²) in [5, 5.41) is 2.05. The second-order valence-electron chi connectivity index (χ2n) is 3.99. The van der Waals surface area contributed by atoms with Crippen LogP contribution >= 0.6 is 11.3 Å². The third kappa shape index (κ3) is 3.83. The van der Waals surface area contributed by atoms with Crippen molar-refractivity contribution >= 4 is 17.6 Å². The standard InChI is InChI=1S/C15H17NO2S/c1-17-14-6-5-12(10-15(14)18-2)7-8-16-11-13-4-3-9-19-13/h3-6,9-11H,7-8H2,1-2H3. The largest absolute Gasteiger partial charge is 0.493 e. The third-order valence-electron chi connectivity index (χ3n) is 2.74. The molecule has 2 aromatic rings. The van der Waals surface area contributed by atoms with Gasteiger partial charge < -0.3 is 9.47 Å². The number of methoxy groups -OCH3 is 2. The Morgan fingerprint density at radius 1 is 1.16 bits per heavy atom. The fourth-order valence-corrected chi connectivity index (χ4v) is 2.36. The van der Waals surface area contributed by atoms with Crippen molar-refractivity contribution in [2.45, 2.75) is 6.42 Å². The summed E-state index contributed by atoms with van der Waals surface area (Å²) in [5.41, 5.74) is 1.20. The summed E-state index contributed by atoms with van der Waals surface area (Å²) in [6.45, 7) is 0.771. The maximum atomic E-state index is 5.28. The molecule has 3 nitrogen and oxygen atoms in total. The van der Waals surface area contributed by atoms with Crippen molar-refractivity contribution in [3.63, 3.8) is 0 Å². The van der Waals surface area contributed by atoms with Crippen LogP contribution in [-0.2, 0) is 6.42 Å². The summed E-state index contributed by atoms with van der Waals surface area (Å²) < 4.78 is 10.5. The zero-order valence-electron chi connectivity index (χ0n) is 11.1. The van der Waals surface area contributed by atoms with Gasteiger partial charge in [0.15, 0.2) is 11.5 Å². The number of hydrogen-bond acceptors (Lipinski definition) is 4. The van der Waals surface area contributed by atoms with E-state index in [9.17, 15) is 0 Å². The first-order chi connectivity index (χ1) is 9.33. The molecule has 1 heterocycles. The highest BCUT2D eigenvalue weighted by atomic mass is 32.1. The van der Waals surface area contributed by atoms with Gasteiger partial charge in [0, 0.05) is 17.6 Å². The Morgan fingerprint density at radius 3 is 2.68 bits per heavy atom. The van der Waals surface area contributed by atoms with E-state index in [0.29, 0.717) is 0 Å². The summed E-state index contributed by atoms with van der Waals surface area (Å²) in [5.74, 6) is 1.52. The van der Waals surface area contributed by atoms with Crippen molar-refractivity contribution in [3.8, 4) is 11.5 Å². The number of hydrogen-bond donors (Lipinski definition) is 0. The Balaban J connectivity index is 1.92. The zero-order valence-corrected chi connectivity index (χ0v) is 11.9. The fourth-order valence-electron chi connectivity index (χ4n) is 1.75. The molecule has 0 bridgehead atoms. The van der Waals surface area contributed by atoms with Gasteiger partial charge in [0.25, 0.3) is 0 Å². The Bertz CT molecular complexity index is 535. The molecule has 2 rings (SSSR count). The third-order valence-corrected chi connectivity index (χ3v) is 3.55. The molecule has 1 aromatic carbocycles. The Morgan fingerprint density at radius 2 is 2.00 bits per heavy atom. The molecule has 1 aromatic heterocycles. The predicted octanol–water partition coefficient (Wildman–Crippen LogP) is 3.43. The van der Waals surface area contributed by atoms with Gasteiger partial charge in [-0.1, -0.05) is 12.1 Å². The molecular formula is C15H17NO2S. The fraction of sp³-hybridized carbons (Fsp3) is 0.267. The highest BCUT2D eigenvalue weighted by Gasteiger charge is 2.03. The topological polar surface area (TPSA) is 30.8 Å². The summed E-state index contributed by atoms with van der Waals surface area (Å²) in [6, 6.07) is 10.1. The van der Waals surface area contributed by atoms with Crippen LogP contribution in [0.15, 0.2) is 40.7 Å².